The van der Waals surface area contributed by atoms with Gasteiger partial charge in [-0.1, -0.05) is 26.7 Å². The number of imide groups is 1. The van der Waals surface area contributed by atoms with E-state index < -0.39 is 6.29 Å². The summed E-state index contributed by atoms with van der Waals surface area (Å²) in [6.07, 6.45) is 2.41. The minimum absolute atomic E-state index is 0.167. The summed E-state index contributed by atoms with van der Waals surface area (Å²) in [5.74, 6) is -1.07. The van der Waals surface area contributed by atoms with Gasteiger partial charge in [-0.25, -0.2) is 4.84 Å². The summed E-state index contributed by atoms with van der Waals surface area (Å²) in [4.78, 5) is 27.7. The zero-order valence-electron chi connectivity index (χ0n) is 9.81. The van der Waals surface area contributed by atoms with Crippen molar-refractivity contribution in [3.05, 3.63) is 0 Å². The molecule has 16 heavy (non-hydrogen) atoms. The number of nitrogens with zero attached hydrogens (tertiary/aromatic N) is 1. The molecule has 92 valence electrons. The van der Waals surface area contributed by atoms with Gasteiger partial charge >= 0.3 is 0 Å². The highest BCUT2D eigenvalue weighted by Crippen LogP contribution is 2.20. The molecule has 1 aliphatic heterocycles. The van der Waals surface area contributed by atoms with E-state index in [0.29, 0.717) is 11.5 Å². The molecule has 1 aliphatic rings. The first-order valence-corrected chi connectivity index (χ1v) is 5.78. The van der Waals surface area contributed by atoms with Crippen molar-refractivity contribution in [2.24, 2.45) is 5.92 Å². The first kappa shape index (κ1) is 13.1. The molecular weight excluding hydrogens is 210 g/mol. The van der Waals surface area contributed by atoms with Crippen LogP contribution in [-0.4, -0.2) is 28.3 Å². The van der Waals surface area contributed by atoms with Crippen molar-refractivity contribution >= 4 is 11.8 Å². The Bertz CT molecular complexity index is 267. The van der Waals surface area contributed by atoms with Crippen LogP contribution in [0.25, 0.3) is 0 Å². The summed E-state index contributed by atoms with van der Waals surface area (Å²) < 4.78 is 0. The molecule has 2 atom stereocenters. The van der Waals surface area contributed by atoms with Gasteiger partial charge < -0.3 is 5.11 Å². The van der Waals surface area contributed by atoms with Gasteiger partial charge in [0.2, 0.25) is 0 Å². The van der Waals surface area contributed by atoms with Crippen LogP contribution in [0.2, 0.25) is 0 Å². The lowest BCUT2D eigenvalue weighted by atomic mass is 10.1. The van der Waals surface area contributed by atoms with Gasteiger partial charge in [0, 0.05) is 18.8 Å². The zero-order valence-corrected chi connectivity index (χ0v) is 9.81. The molecule has 0 aromatic heterocycles. The molecule has 0 aromatic carbocycles. The third-order valence-electron chi connectivity index (χ3n) is 2.61. The Kier molecular flexibility index (Phi) is 4.89. The monoisotopic (exact) mass is 229 g/mol. The second-order valence-electron chi connectivity index (χ2n) is 4.19. The minimum atomic E-state index is -1.07. The van der Waals surface area contributed by atoms with Crippen molar-refractivity contribution in [3.8, 4) is 0 Å². The van der Waals surface area contributed by atoms with E-state index in [0.717, 1.165) is 19.3 Å². The second kappa shape index (κ2) is 5.96. The molecule has 0 radical (unpaired) electrons. The molecule has 5 heteroatoms. The first-order valence-electron chi connectivity index (χ1n) is 5.78. The van der Waals surface area contributed by atoms with E-state index in [9.17, 15) is 14.7 Å². The second-order valence-corrected chi connectivity index (χ2v) is 4.19. The number of hydrogen-bond acceptors (Lipinski definition) is 4. The normalized spacial score (nSPS) is 22.9. The standard InChI is InChI=1S/C11H19NO4/c1-3-4-5-6-10(14)16-12-9(13)7-8(2)11(12)15/h8,10,14H,3-7H2,1-2H3/t8-,10?/m0/s1. The van der Waals surface area contributed by atoms with Gasteiger partial charge in [0.15, 0.2) is 6.29 Å². The Morgan fingerprint density at radius 2 is 2.19 bits per heavy atom. The van der Waals surface area contributed by atoms with Crippen molar-refractivity contribution in [1.29, 1.82) is 0 Å². The van der Waals surface area contributed by atoms with Crippen LogP contribution in [-0.2, 0) is 14.4 Å². The Labute approximate surface area is 95.3 Å². The molecule has 2 amide bonds. The zero-order chi connectivity index (χ0) is 12.1. The van der Waals surface area contributed by atoms with E-state index >= 15 is 0 Å². The van der Waals surface area contributed by atoms with Gasteiger partial charge in [0.1, 0.15) is 0 Å². The Balaban J connectivity index is 2.35. The highest BCUT2D eigenvalue weighted by molar-refractivity contribution is 6.02. The van der Waals surface area contributed by atoms with Crippen LogP contribution < -0.4 is 0 Å². The average Bonchev–Trinajstić information content (AvgIpc) is 2.46. The topological polar surface area (TPSA) is 66.8 Å². The molecule has 0 aromatic rings. The number of amides is 2. The minimum Gasteiger partial charge on any atom is -0.366 e. The number of aliphatic hydroxyl groups is 1. The van der Waals surface area contributed by atoms with Crippen molar-refractivity contribution in [2.75, 3.05) is 0 Å². The summed E-state index contributed by atoms with van der Waals surface area (Å²) in [7, 11) is 0. The average molecular weight is 229 g/mol. The maximum atomic E-state index is 11.5. The van der Waals surface area contributed by atoms with Crippen LogP contribution in [0.5, 0.6) is 0 Å². The summed E-state index contributed by atoms with van der Waals surface area (Å²) in [6, 6.07) is 0. The molecule has 1 rings (SSSR count). The Hall–Kier alpha value is -0.940. The number of hydroxylamine groups is 2. The van der Waals surface area contributed by atoms with Crippen LogP contribution in [0.3, 0.4) is 0 Å². The molecule has 1 unspecified atom stereocenters. The number of carbonyl (C=O) groups is 2. The van der Waals surface area contributed by atoms with Crippen LogP contribution in [0.15, 0.2) is 0 Å². The third kappa shape index (κ3) is 3.28. The number of unbranched alkanes of at least 4 members (excludes halogenated alkanes) is 2. The van der Waals surface area contributed by atoms with Gasteiger partial charge in [-0.05, 0) is 6.42 Å². The maximum absolute atomic E-state index is 11.5. The number of rotatable bonds is 6. The third-order valence-corrected chi connectivity index (χ3v) is 2.61. The largest absolute Gasteiger partial charge is 0.366 e. The van der Waals surface area contributed by atoms with E-state index in [1.807, 2.05) is 0 Å². The number of carbonyl (C=O) groups excluding carboxylic acids is 2. The van der Waals surface area contributed by atoms with Gasteiger partial charge in [-0.15, -0.1) is 0 Å². The quantitative estimate of drug-likeness (QED) is 0.422. The molecule has 5 nitrogen and oxygen atoms in total. The van der Waals surface area contributed by atoms with Crippen molar-refractivity contribution in [1.82, 2.24) is 5.06 Å². The van der Waals surface area contributed by atoms with Gasteiger partial charge in [0.25, 0.3) is 11.8 Å². The number of aliphatic hydroxyl groups excluding tert-OH is 1. The van der Waals surface area contributed by atoms with Crippen LogP contribution in [0, 0.1) is 5.92 Å². The van der Waals surface area contributed by atoms with Crippen LogP contribution in [0.4, 0.5) is 0 Å². The van der Waals surface area contributed by atoms with E-state index in [2.05, 4.69) is 6.92 Å². The van der Waals surface area contributed by atoms with Gasteiger partial charge in [-0.3, -0.25) is 9.59 Å². The lowest BCUT2D eigenvalue weighted by molar-refractivity contribution is -0.246. The molecule has 1 saturated heterocycles. The lowest BCUT2D eigenvalue weighted by Crippen LogP contribution is -2.34. The van der Waals surface area contributed by atoms with E-state index in [1.165, 1.54) is 0 Å². The predicted octanol–water partition coefficient (Wildman–Crippen LogP) is 1.21. The highest BCUT2D eigenvalue weighted by Gasteiger charge is 2.38. The predicted molar refractivity (Wildman–Crippen MR) is 56.9 cm³/mol. The molecule has 1 N–H and O–H groups in total. The molecule has 0 bridgehead atoms. The summed E-state index contributed by atoms with van der Waals surface area (Å²) >= 11 is 0. The van der Waals surface area contributed by atoms with Crippen LogP contribution >= 0.6 is 0 Å². The smallest absolute Gasteiger partial charge is 0.256 e. The summed E-state index contributed by atoms with van der Waals surface area (Å²) in [5.41, 5.74) is 0. The summed E-state index contributed by atoms with van der Waals surface area (Å²) in [5, 5.41) is 10.2. The molecule has 0 aliphatic carbocycles. The van der Waals surface area contributed by atoms with E-state index in [1.54, 1.807) is 6.92 Å². The maximum Gasteiger partial charge on any atom is 0.256 e. The molecule has 0 saturated carbocycles. The van der Waals surface area contributed by atoms with Gasteiger partial charge in [-0.2, -0.15) is 5.06 Å². The van der Waals surface area contributed by atoms with Crippen molar-refractivity contribution in [3.63, 3.8) is 0 Å². The van der Waals surface area contributed by atoms with Gasteiger partial charge in [0.05, 0.1) is 0 Å². The number of hydrogen-bond donors (Lipinski definition) is 1. The molecule has 0 spiro atoms. The fraction of sp³-hybridized carbons (Fsp3) is 0.818. The highest BCUT2D eigenvalue weighted by atomic mass is 16.8. The molecular formula is C11H19NO4. The van der Waals surface area contributed by atoms with Crippen molar-refractivity contribution in [2.45, 2.75) is 52.2 Å². The van der Waals surface area contributed by atoms with E-state index in [4.69, 9.17) is 4.84 Å². The van der Waals surface area contributed by atoms with Crippen molar-refractivity contribution < 1.29 is 19.5 Å². The Morgan fingerprint density at radius 3 is 2.69 bits per heavy atom. The fourth-order valence-electron chi connectivity index (χ4n) is 1.61. The van der Waals surface area contributed by atoms with E-state index in [-0.39, 0.29) is 24.2 Å². The first-order chi connectivity index (χ1) is 7.56. The molecule has 1 heterocycles. The fourth-order valence-corrected chi connectivity index (χ4v) is 1.61. The lowest BCUT2D eigenvalue weighted by Gasteiger charge is -2.18. The SMILES string of the molecule is CCCCCC(O)ON1C(=O)C[C@H](C)C1=O. The molecule has 1 fully saturated rings. The Morgan fingerprint density at radius 1 is 1.50 bits per heavy atom. The van der Waals surface area contributed by atoms with Crippen LogP contribution in [0.1, 0.15) is 46.0 Å². The summed E-state index contributed by atoms with van der Waals surface area (Å²) in [6.45, 7) is 3.73.